The van der Waals surface area contributed by atoms with Crippen LogP contribution in [0, 0.1) is 0 Å². The third-order valence-corrected chi connectivity index (χ3v) is 5.24. The Morgan fingerprint density at radius 3 is 1.96 bits per heavy atom. The molecule has 0 spiro atoms. The van der Waals surface area contributed by atoms with Crippen molar-refractivity contribution in [3.63, 3.8) is 0 Å². The fraction of sp³-hybridized carbons (Fsp3) is 0.364. The van der Waals surface area contributed by atoms with Crippen molar-refractivity contribution in [3.8, 4) is 0 Å². The first-order chi connectivity index (χ1) is 12.7. The lowest BCUT2D eigenvalue weighted by molar-refractivity contribution is 0.0911. The second-order valence-electron chi connectivity index (χ2n) is 7.41. The summed E-state index contributed by atoms with van der Waals surface area (Å²) in [5, 5.41) is 6.37. The number of benzene rings is 2. The van der Waals surface area contributed by atoms with Crippen molar-refractivity contribution in [3.05, 3.63) is 59.7 Å². The minimum absolute atomic E-state index is 0.113. The Kier molecular flexibility index (Phi) is 7.08. The first-order valence-corrected chi connectivity index (χ1v) is 10.1. The van der Waals surface area contributed by atoms with E-state index in [0.717, 1.165) is 11.3 Å². The number of carbonyl (C=O) groups excluding carboxylic acids is 2. The summed E-state index contributed by atoms with van der Waals surface area (Å²) in [6.07, 6.45) is 0.849. The molecule has 5 heteroatoms. The van der Waals surface area contributed by atoms with Gasteiger partial charge in [-0.15, -0.1) is 11.8 Å². The summed E-state index contributed by atoms with van der Waals surface area (Å²) in [4.78, 5) is 25.8. The van der Waals surface area contributed by atoms with Crippen LogP contribution >= 0.6 is 11.8 Å². The van der Waals surface area contributed by atoms with Crippen molar-refractivity contribution >= 4 is 29.3 Å². The van der Waals surface area contributed by atoms with E-state index in [1.807, 2.05) is 45.0 Å². The number of hydrogen-bond donors (Lipinski definition) is 2. The second kappa shape index (κ2) is 9.09. The highest BCUT2D eigenvalue weighted by molar-refractivity contribution is 7.99. The molecule has 144 valence electrons. The predicted octanol–water partition coefficient (Wildman–Crippen LogP) is 5.36. The van der Waals surface area contributed by atoms with Crippen LogP contribution in [0.5, 0.6) is 0 Å². The van der Waals surface area contributed by atoms with Gasteiger partial charge in [-0.3, -0.25) is 9.59 Å². The van der Waals surface area contributed by atoms with Gasteiger partial charge in [-0.2, -0.15) is 0 Å². The smallest absolute Gasteiger partial charge is 0.255 e. The van der Waals surface area contributed by atoms with Gasteiger partial charge in [-0.25, -0.2) is 0 Å². The van der Waals surface area contributed by atoms with E-state index in [9.17, 15) is 9.59 Å². The minimum Gasteiger partial charge on any atom is -0.347 e. The maximum atomic E-state index is 12.4. The minimum atomic E-state index is -0.246. The third kappa shape index (κ3) is 6.43. The van der Waals surface area contributed by atoms with Crippen LogP contribution < -0.4 is 10.6 Å². The molecule has 2 amide bonds. The van der Waals surface area contributed by atoms with Gasteiger partial charge in [0.1, 0.15) is 0 Å². The van der Waals surface area contributed by atoms with E-state index < -0.39 is 0 Å². The highest BCUT2D eigenvalue weighted by Crippen LogP contribution is 2.23. The Balaban J connectivity index is 1.99. The maximum absolute atomic E-state index is 12.4. The molecular weight excluding hydrogens is 356 g/mol. The van der Waals surface area contributed by atoms with Crippen LogP contribution in [0.1, 0.15) is 61.8 Å². The molecule has 0 radical (unpaired) electrons. The van der Waals surface area contributed by atoms with Gasteiger partial charge in [0.15, 0.2) is 0 Å². The van der Waals surface area contributed by atoms with Crippen molar-refractivity contribution in [2.75, 3.05) is 5.32 Å². The van der Waals surface area contributed by atoms with Gasteiger partial charge in [0.05, 0.1) is 0 Å². The van der Waals surface area contributed by atoms with Crippen molar-refractivity contribution in [2.24, 2.45) is 0 Å². The van der Waals surface area contributed by atoms with Crippen molar-refractivity contribution in [1.29, 1.82) is 0 Å². The van der Waals surface area contributed by atoms with Gasteiger partial charge >= 0.3 is 0 Å². The molecule has 27 heavy (non-hydrogen) atoms. The topological polar surface area (TPSA) is 58.2 Å². The summed E-state index contributed by atoms with van der Waals surface area (Å²) in [7, 11) is 0. The predicted molar refractivity (Wildman–Crippen MR) is 114 cm³/mol. The molecule has 0 aliphatic carbocycles. The average Bonchev–Trinajstić information content (AvgIpc) is 2.62. The Bertz CT molecular complexity index is 781. The van der Waals surface area contributed by atoms with Gasteiger partial charge in [0.25, 0.3) is 11.8 Å². The molecule has 0 saturated carbocycles. The molecule has 0 aliphatic heterocycles. The molecule has 0 aliphatic rings. The number of anilines is 1. The number of thioether (sulfide) groups is 1. The molecule has 2 rings (SSSR count). The Labute approximate surface area is 166 Å². The summed E-state index contributed by atoms with van der Waals surface area (Å²) in [5.74, 6) is -0.279. The monoisotopic (exact) mass is 384 g/mol. The first kappa shape index (κ1) is 21.0. The molecular formula is C22H28N2O2S. The standard InChI is InChI=1S/C22H28N2O2S/c1-6-22(4,5)24-21(26)17-7-11-18(12-8-17)23-20(25)16-9-13-19(14-10-16)27-15(2)3/h7-15H,6H2,1-5H3,(H,23,25)(H,24,26). The molecule has 2 aromatic rings. The molecule has 4 nitrogen and oxygen atoms in total. The maximum Gasteiger partial charge on any atom is 0.255 e. The molecule has 0 fully saturated rings. The number of hydrogen-bond acceptors (Lipinski definition) is 3. The van der Waals surface area contributed by atoms with E-state index in [4.69, 9.17) is 0 Å². The van der Waals surface area contributed by atoms with Crippen molar-refractivity contribution < 1.29 is 9.59 Å². The highest BCUT2D eigenvalue weighted by Gasteiger charge is 2.18. The van der Waals surface area contributed by atoms with E-state index in [1.54, 1.807) is 36.0 Å². The number of carbonyl (C=O) groups is 2. The van der Waals surface area contributed by atoms with Crippen LogP contribution in [-0.4, -0.2) is 22.6 Å². The third-order valence-electron chi connectivity index (χ3n) is 4.23. The van der Waals surface area contributed by atoms with Crippen molar-refractivity contribution in [2.45, 2.75) is 56.7 Å². The fourth-order valence-electron chi connectivity index (χ4n) is 2.33. The SMILES string of the molecule is CCC(C)(C)NC(=O)c1ccc(NC(=O)c2ccc(SC(C)C)cc2)cc1. The average molecular weight is 385 g/mol. The summed E-state index contributed by atoms with van der Waals surface area (Å²) in [6.45, 7) is 10.3. The summed E-state index contributed by atoms with van der Waals surface area (Å²) in [6, 6.07) is 14.5. The number of nitrogens with one attached hydrogen (secondary N) is 2. The van der Waals surface area contributed by atoms with E-state index in [-0.39, 0.29) is 17.4 Å². The molecule has 0 atom stereocenters. The molecule has 2 aromatic carbocycles. The van der Waals surface area contributed by atoms with Gasteiger partial charge in [-0.1, -0.05) is 20.8 Å². The zero-order chi connectivity index (χ0) is 20.0. The van der Waals surface area contributed by atoms with E-state index in [2.05, 4.69) is 24.5 Å². The van der Waals surface area contributed by atoms with Crippen LogP contribution in [0.2, 0.25) is 0 Å². The summed E-state index contributed by atoms with van der Waals surface area (Å²) < 4.78 is 0. The molecule has 0 heterocycles. The zero-order valence-electron chi connectivity index (χ0n) is 16.6. The normalized spacial score (nSPS) is 11.3. The van der Waals surface area contributed by atoms with Gasteiger partial charge in [0, 0.05) is 32.5 Å². The number of amides is 2. The first-order valence-electron chi connectivity index (χ1n) is 9.21. The van der Waals surface area contributed by atoms with Crippen molar-refractivity contribution in [1.82, 2.24) is 5.32 Å². The van der Waals surface area contributed by atoms with Crippen LogP contribution in [0.15, 0.2) is 53.4 Å². The largest absolute Gasteiger partial charge is 0.347 e. The molecule has 0 bridgehead atoms. The van der Waals surface area contributed by atoms with E-state index >= 15 is 0 Å². The van der Waals surface area contributed by atoms with Crippen LogP contribution in [-0.2, 0) is 0 Å². The second-order valence-corrected chi connectivity index (χ2v) is 9.06. The number of rotatable bonds is 7. The highest BCUT2D eigenvalue weighted by atomic mass is 32.2. The Hall–Kier alpha value is -2.27. The fourth-order valence-corrected chi connectivity index (χ4v) is 3.17. The lowest BCUT2D eigenvalue weighted by atomic mass is 10.0. The van der Waals surface area contributed by atoms with Gasteiger partial charge in [0.2, 0.25) is 0 Å². The van der Waals surface area contributed by atoms with Crippen LogP contribution in [0.4, 0.5) is 5.69 Å². The van der Waals surface area contributed by atoms with Crippen LogP contribution in [0.25, 0.3) is 0 Å². The van der Waals surface area contributed by atoms with Gasteiger partial charge in [-0.05, 0) is 68.8 Å². The quantitative estimate of drug-likeness (QED) is 0.632. The molecule has 0 unspecified atom stereocenters. The molecule has 0 aromatic heterocycles. The lowest BCUT2D eigenvalue weighted by Crippen LogP contribution is -2.42. The summed E-state index contributed by atoms with van der Waals surface area (Å²) >= 11 is 1.76. The lowest BCUT2D eigenvalue weighted by Gasteiger charge is -2.24. The van der Waals surface area contributed by atoms with E-state index in [0.29, 0.717) is 22.1 Å². The van der Waals surface area contributed by atoms with E-state index in [1.165, 1.54) is 0 Å². The molecule has 2 N–H and O–H groups in total. The summed E-state index contributed by atoms with van der Waals surface area (Å²) in [5.41, 5.74) is 1.59. The zero-order valence-corrected chi connectivity index (χ0v) is 17.4. The van der Waals surface area contributed by atoms with Crippen LogP contribution in [0.3, 0.4) is 0 Å². The Morgan fingerprint density at radius 2 is 1.44 bits per heavy atom. The van der Waals surface area contributed by atoms with Gasteiger partial charge < -0.3 is 10.6 Å². The molecule has 0 saturated heterocycles. The Morgan fingerprint density at radius 1 is 0.926 bits per heavy atom.